The summed E-state index contributed by atoms with van der Waals surface area (Å²) in [6, 6.07) is 45.0. The molecule has 4 aromatic carbocycles. The third-order valence-corrected chi connectivity index (χ3v) is 9.82. The zero-order valence-corrected chi connectivity index (χ0v) is 31.6. The highest BCUT2D eigenvalue weighted by molar-refractivity contribution is 5.93. The van der Waals surface area contributed by atoms with E-state index < -0.39 is 0 Å². The van der Waals surface area contributed by atoms with Crippen LogP contribution < -0.4 is 19.3 Å². The molecule has 0 saturated heterocycles. The molecule has 3 aromatic heterocycles. The van der Waals surface area contributed by atoms with Gasteiger partial charge in [-0.15, -0.1) is 0 Å². The molecule has 8 bridgehead atoms. The van der Waals surface area contributed by atoms with Crippen molar-refractivity contribution in [1.29, 1.82) is 0 Å². The van der Waals surface area contributed by atoms with Gasteiger partial charge in [0, 0.05) is 72.8 Å². The van der Waals surface area contributed by atoms with Crippen molar-refractivity contribution >= 4 is 57.7 Å². The van der Waals surface area contributed by atoms with Crippen LogP contribution in [0.15, 0.2) is 133 Å². The van der Waals surface area contributed by atoms with Crippen molar-refractivity contribution in [3.05, 3.63) is 156 Å². The van der Waals surface area contributed by atoms with Crippen molar-refractivity contribution < 1.29 is 9.47 Å². The maximum Gasteiger partial charge on any atom is 0.128 e. The first-order valence-electron chi connectivity index (χ1n) is 18.5. The molecule has 0 amide bonds. The molecule has 0 atom stereocenters. The Morgan fingerprint density at radius 3 is 1.27 bits per heavy atom. The van der Waals surface area contributed by atoms with Crippen LogP contribution in [0.25, 0.3) is 68.6 Å². The minimum Gasteiger partial charge on any atom is -0.457 e. The summed E-state index contributed by atoms with van der Waals surface area (Å²) in [4.78, 5) is 21.7. The highest BCUT2D eigenvalue weighted by atomic mass is 16.5. The number of anilines is 2. The van der Waals surface area contributed by atoms with Crippen molar-refractivity contribution in [1.82, 2.24) is 19.9 Å². The van der Waals surface area contributed by atoms with Gasteiger partial charge in [-0.3, -0.25) is 0 Å². The number of nitrogens with zero attached hydrogens (tertiary/aromatic N) is 4. The third kappa shape index (κ3) is 7.15. The van der Waals surface area contributed by atoms with Gasteiger partial charge in [0.1, 0.15) is 23.0 Å². The lowest BCUT2D eigenvalue weighted by molar-refractivity contribution is 0.482. The van der Waals surface area contributed by atoms with Crippen LogP contribution in [0, 0.1) is 0 Å². The molecule has 274 valence electrons. The number of aromatic amines is 2. The number of rotatable bonds is 8. The number of fused-ring (bicyclic) bond motifs is 8. The molecule has 0 unspecified atom stereocenters. The van der Waals surface area contributed by atoms with E-state index in [0.29, 0.717) is 0 Å². The summed E-state index contributed by atoms with van der Waals surface area (Å²) in [7, 11) is 8.11. The Labute approximate surface area is 325 Å². The van der Waals surface area contributed by atoms with Gasteiger partial charge in [-0.1, -0.05) is 24.3 Å². The Balaban J connectivity index is 1.14. The second-order valence-corrected chi connectivity index (χ2v) is 14.2. The molecule has 8 nitrogen and oxygen atoms in total. The van der Waals surface area contributed by atoms with Gasteiger partial charge in [-0.05, 0) is 145 Å². The molecule has 0 radical (unpaired) electrons. The summed E-state index contributed by atoms with van der Waals surface area (Å²) in [6.45, 7) is 0. The van der Waals surface area contributed by atoms with Crippen LogP contribution in [-0.4, -0.2) is 48.1 Å². The molecule has 7 aromatic rings. The van der Waals surface area contributed by atoms with Crippen LogP contribution in [0.2, 0.25) is 0 Å². The van der Waals surface area contributed by atoms with Gasteiger partial charge in [0.05, 0.1) is 22.8 Å². The van der Waals surface area contributed by atoms with Crippen LogP contribution >= 0.6 is 0 Å². The van der Waals surface area contributed by atoms with Crippen molar-refractivity contribution in [2.75, 3.05) is 38.0 Å². The normalized spacial score (nSPS) is 11.8. The van der Waals surface area contributed by atoms with Crippen LogP contribution in [-0.2, 0) is 0 Å². The Morgan fingerprint density at radius 2 is 0.857 bits per heavy atom. The van der Waals surface area contributed by atoms with E-state index in [-0.39, 0.29) is 0 Å². The topological polar surface area (TPSA) is 82.3 Å². The Hall–Kier alpha value is -7.32. The molecular weight excluding hydrogens is 693 g/mol. The Bertz CT molecular complexity index is 2620. The number of hydrogen-bond acceptors (Lipinski definition) is 6. The lowest BCUT2D eigenvalue weighted by atomic mass is 10.0. The molecule has 8 heteroatoms. The monoisotopic (exact) mass is 732 g/mol. The molecule has 0 spiro atoms. The standard InChI is InChI=1S/C48H40N6O2/c1-53(2)37-15-19-39(20-16-37)55-41-9-5-7-31(27-41)47-43-23-11-33(49-43)29-35-13-25-45(51-35)48(46-26-14-36(52-46)30-34-12-24-44(47)50-34)32-8-6-10-42(28-32)56-40-21-17-38(18-22-40)54(3)4/h5-30,49,52H,1-4H3. The van der Waals surface area contributed by atoms with Gasteiger partial charge in [-0.25, -0.2) is 9.97 Å². The smallest absolute Gasteiger partial charge is 0.128 e. The molecule has 0 saturated carbocycles. The molecule has 2 aliphatic heterocycles. The first-order valence-corrected chi connectivity index (χ1v) is 18.5. The fourth-order valence-corrected chi connectivity index (χ4v) is 7.01. The van der Waals surface area contributed by atoms with Crippen LogP contribution in [0.3, 0.4) is 0 Å². The van der Waals surface area contributed by atoms with Gasteiger partial charge >= 0.3 is 0 Å². The van der Waals surface area contributed by atoms with E-state index in [1.165, 1.54) is 0 Å². The number of benzene rings is 4. The van der Waals surface area contributed by atoms with E-state index >= 15 is 0 Å². The average molecular weight is 733 g/mol. The van der Waals surface area contributed by atoms with E-state index in [1.54, 1.807) is 0 Å². The van der Waals surface area contributed by atoms with E-state index in [2.05, 4.69) is 129 Å². The fourth-order valence-electron chi connectivity index (χ4n) is 7.01. The lowest BCUT2D eigenvalue weighted by Crippen LogP contribution is -2.07. The minimum atomic E-state index is 0.742. The summed E-state index contributed by atoms with van der Waals surface area (Å²) in [5, 5.41) is 0. The summed E-state index contributed by atoms with van der Waals surface area (Å²) in [5.41, 5.74) is 13.3. The number of H-pyrrole nitrogens is 2. The fraction of sp³-hybridized carbons (Fsp3) is 0.0833. The minimum absolute atomic E-state index is 0.742. The van der Waals surface area contributed by atoms with Crippen molar-refractivity contribution in [3.8, 4) is 45.3 Å². The van der Waals surface area contributed by atoms with E-state index in [4.69, 9.17) is 19.4 Å². The molecule has 56 heavy (non-hydrogen) atoms. The number of hydrogen-bond donors (Lipinski definition) is 2. The molecule has 0 fully saturated rings. The van der Waals surface area contributed by atoms with Crippen molar-refractivity contribution in [2.24, 2.45) is 0 Å². The van der Waals surface area contributed by atoms with Crippen LogP contribution in [0.5, 0.6) is 23.0 Å². The van der Waals surface area contributed by atoms with Crippen LogP contribution in [0.1, 0.15) is 22.8 Å². The highest BCUT2D eigenvalue weighted by Crippen LogP contribution is 2.36. The number of ether oxygens (including phenoxy) is 2. The predicted molar refractivity (Wildman–Crippen MR) is 231 cm³/mol. The summed E-state index contributed by atoms with van der Waals surface area (Å²) < 4.78 is 12.7. The second kappa shape index (κ2) is 14.5. The number of aromatic nitrogens is 4. The molecule has 5 heterocycles. The molecule has 0 aliphatic carbocycles. The predicted octanol–water partition coefficient (Wildman–Crippen LogP) is 11.7. The SMILES string of the molecule is CN(C)c1ccc(Oc2cccc(-c3c4nc(cc5ccc([nH]5)c(-c5cccc(Oc6ccc(N(C)C)cc6)c5)c5nc(cc6ccc3[nH]6)C=C5)C=C4)c2)cc1. The Morgan fingerprint density at radius 1 is 0.429 bits per heavy atom. The third-order valence-electron chi connectivity index (χ3n) is 9.82. The summed E-state index contributed by atoms with van der Waals surface area (Å²) in [6.07, 6.45) is 8.25. The molecule has 2 N–H and O–H groups in total. The van der Waals surface area contributed by atoms with Gasteiger partial charge in [0.25, 0.3) is 0 Å². The zero-order valence-electron chi connectivity index (χ0n) is 31.6. The Kier molecular flexibility index (Phi) is 8.91. The van der Waals surface area contributed by atoms with Crippen molar-refractivity contribution in [2.45, 2.75) is 0 Å². The van der Waals surface area contributed by atoms with E-state index in [1.807, 2.05) is 76.7 Å². The molecule has 9 rings (SSSR count). The quantitative estimate of drug-likeness (QED) is 0.162. The summed E-state index contributed by atoms with van der Waals surface area (Å²) >= 11 is 0. The molecule has 2 aliphatic rings. The van der Waals surface area contributed by atoms with Crippen molar-refractivity contribution in [3.63, 3.8) is 0 Å². The largest absolute Gasteiger partial charge is 0.457 e. The zero-order chi connectivity index (χ0) is 38.2. The van der Waals surface area contributed by atoms with Crippen LogP contribution in [0.4, 0.5) is 11.4 Å². The number of nitrogens with one attached hydrogen (secondary N) is 2. The van der Waals surface area contributed by atoms with Gasteiger partial charge in [-0.2, -0.15) is 0 Å². The first-order chi connectivity index (χ1) is 27.3. The lowest BCUT2D eigenvalue weighted by Gasteiger charge is -2.13. The van der Waals surface area contributed by atoms with E-state index in [0.717, 1.165) is 101 Å². The maximum absolute atomic E-state index is 6.33. The van der Waals surface area contributed by atoms with Gasteiger partial charge in [0.2, 0.25) is 0 Å². The second-order valence-electron chi connectivity index (χ2n) is 14.2. The summed E-state index contributed by atoms with van der Waals surface area (Å²) in [5.74, 6) is 3.03. The first kappa shape index (κ1) is 34.4. The van der Waals surface area contributed by atoms with E-state index in [9.17, 15) is 0 Å². The van der Waals surface area contributed by atoms with Gasteiger partial charge in [0.15, 0.2) is 0 Å². The average Bonchev–Trinajstić information content (AvgIpc) is 4.03. The van der Waals surface area contributed by atoms with Gasteiger partial charge < -0.3 is 29.2 Å². The molecular formula is C48H40N6O2. The maximum atomic E-state index is 6.33. The highest BCUT2D eigenvalue weighted by Gasteiger charge is 2.15.